The zero-order chi connectivity index (χ0) is 13.9. The third-order valence-corrected chi connectivity index (χ3v) is 4.08. The van der Waals surface area contributed by atoms with Gasteiger partial charge in [0.2, 0.25) is 0 Å². The SMILES string of the molecule is COc1ccc(C2=NNC(=NC3CC3)SC2)cc1OC. The molecule has 1 aliphatic heterocycles. The lowest BCUT2D eigenvalue weighted by atomic mass is 10.1. The number of hydrazone groups is 1. The Labute approximate surface area is 122 Å². The summed E-state index contributed by atoms with van der Waals surface area (Å²) in [6.07, 6.45) is 2.41. The number of rotatable bonds is 4. The zero-order valence-corrected chi connectivity index (χ0v) is 12.4. The molecule has 1 saturated carbocycles. The number of hydrogen-bond acceptors (Lipinski definition) is 5. The van der Waals surface area contributed by atoms with Crippen LogP contribution in [0.2, 0.25) is 0 Å². The van der Waals surface area contributed by atoms with Crippen LogP contribution in [-0.2, 0) is 0 Å². The number of nitrogens with zero attached hydrogens (tertiary/aromatic N) is 2. The minimum Gasteiger partial charge on any atom is -0.493 e. The number of ether oxygens (including phenoxy) is 2. The van der Waals surface area contributed by atoms with Gasteiger partial charge in [-0.1, -0.05) is 11.8 Å². The summed E-state index contributed by atoms with van der Waals surface area (Å²) in [5, 5.41) is 5.34. The van der Waals surface area contributed by atoms with E-state index in [9.17, 15) is 0 Å². The number of benzene rings is 1. The van der Waals surface area contributed by atoms with Crippen molar-refractivity contribution in [3.05, 3.63) is 23.8 Å². The van der Waals surface area contributed by atoms with E-state index in [-0.39, 0.29) is 0 Å². The summed E-state index contributed by atoms with van der Waals surface area (Å²) in [4.78, 5) is 4.55. The molecule has 0 saturated heterocycles. The molecule has 0 atom stereocenters. The predicted molar refractivity (Wildman–Crippen MR) is 82.1 cm³/mol. The third kappa shape index (κ3) is 2.90. The van der Waals surface area contributed by atoms with Crippen molar-refractivity contribution >= 4 is 22.6 Å². The molecular weight excluding hydrogens is 274 g/mol. The highest BCUT2D eigenvalue weighted by atomic mass is 32.2. The van der Waals surface area contributed by atoms with E-state index < -0.39 is 0 Å². The lowest BCUT2D eigenvalue weighted by Crippen LogP contribution is -2.25. The topological polar surface area (TPSA) is 55.2 Å². The van der Waals surface area contributed by atoms with Crippen LogP contribution < -0.4 is 14.9 Å². The first-order valence-corrected chi connectivity index (χ1v) is 7.54. The molecule has 2 aliphatic rings. The summed E-state index contributed by atoms with van der Waals surface area (Å²) < 4.78 is 10.6. The van der Waals surface area contributed by atoms with Crippen molar-refractivity contribution in [2.24, 2.45) is 10.1 Å². The van der Waals surface area contributed by atoms with Crippen LogP contribution in [0.5, 0.6) is 11.5 Å². The number of aliphatic imine (C=N–C) groups is 1. The lowest BCUT2D eigenvalue weighted by molar-refractivity contribution is 0.355. The van der Waals surface area contributed by atoms with E-state index in [2.05, 4.69) is 15.5 Å². The molecule has 1 aromatic rings. The molecule has 6 heteroatoms. The first-order valence-electron chi connectivity index (χ1n) is 6.55. The van der Waals surface area contributed by atoms with Crippen molar-refractivity contribution in [2.45, 2.75) is 18.9 Å². The molecule has 0 unspecified atom stereocenters. The average molecular weight is 291 g/mol. The highest BCUT2D eigenvalue weighted by Crippen LogP contribution is 2.29. The second-order valence-corrected chi connectivity index (χ2v) is 5.66. The summed E-state index contributed by atoms with van der Waals surface area (Å²) in [6, 6.07) is 6.35. The second kappa shape index (κ2) is 5.75. The molecule has 0 radical (unpaired) electrons. The van der Waals surface area contributed by atoms with Crippen molar-refractivity contribution in [1.29, 1.82) is 0 Å². The van der Waals surface area contributed by atoms with Crippen LogP contribution in [0.25, 0.3) is 0 Å². The maximum Gasteiger partial charge on any atom is 0.177 e. The lowest BCUT2D eigenvalue weighted by Gasteiger charge is -2.16. The molecule has 5 nitrogen and oxygen atoms in total. The fourth-order valence-corrected chi connectivity index (χ4v) is 2.75. The van der Waals surface area contributed by atoms with E-state index in [4.69, 9.17) is 9.47 Å². The van der Waals surface area contributed by atoms with Crippen LogP contribution in [0, 0.1) is 0 Å². The molecule has 1 heterocycles. The van der Waals surface area contributed by atoms with Gasteiger partial charge in [0.05, 0.1) is 26.0 Å². The Balaban J connectivity index is 1.77. The van der Waals surface area contributed by atoms with Gasteiger partial charge in [0.15, 0.2) is 16.7 Å². The van der Waals surface area contributed by atoms with E-state index in [1.165, 1.54) is 12.8 Å². The molecule has 20 heavy (non-hydrogen) atoms. The van der Waals surface area contributed by atoms with Gasteiger partial charge >= 0.3 is 0 Å². The van der Waals surface area contributed by atoms with E-state index in [0.29, 0.717) is 6.04 Å². The largest absolute Gasteiger partial charge is 0.493 e. The van der Waals surface area contributed by atoms with Crippen molar-refractivity contribution in [3.8, 4) is 11.5 Å². The highest BCUT2D eigenvalue weighted by Gasteiger charge is 2.22. The molecule has 0 bridgehead atoms. The summed E-state index contributed by atoms with van der Waals surface area (Å²) in [5.74, 6) is 2.26. The Morgan fingerprint density at radius 2 is 2.05 bits per heavy atom. The minimum absolute atomic E-state index is 0.517. The molecule has 106 valence electrons. The van der Waals surface area contributed by atoms with E-state index in [1.54, 1.807) is 26.0 Å². The van der Waals surface area contributed by atoms with Gasteiger partial charge < -0.3 is 9.47 Å². The molecule has 0 aromatic heterocycles. The zero-order valence-electron chi connectivity index (χ0n) is 11.5. The third-order valence-electron chi connectivity index (χ3n) is 3.20. The average Bonchev–Trinajstić information content (AvgIpc) is 3.31. The van der Waals surface area contributed by atoms with Gasteiger partial charge in [-0.05, 0) is 31.0 Å². The summed E-state index contributed by atoms with van der Waals surface area (Å²) in [6.45, 7) is 0. The number of thioether (sulfide) groups is 1. The van der Waals surface area contributed by atoms with E-state index >= 15 is 0 Å². The van der Waals surface area contributed by atoms with Gasteiger partial charge in [-0.2, -0.15) is 5.10 Å². The van der Waals surface area contributed by atoms with Gasteiger partial charge in [-0.15, -0.1) is 0 Å². The van der Waals surface area contributed by atoms with Crippen LogP contribution >= 0.6 is 11.8 Å². The van der Waals surface area contributed by atoms with Gasteiger partial charge in [0, 0.05) is 11.3 Å². The van der Waals surface area contributed by atoms with Gasteiger partial charge in [0.25, 0.3) is 0 Å². The van der Waals surface area contributed by atoms with Crippen molar-refractivity contribution in [2.75, 3.05) is 20.0 Å². The van der Waals surface area contributed by atoms with Crippen LogP contribution in [0.3, 0.4) is 0 Å². The van der Waals surface area contributed by atoms with Gasteiger partial charge in [-0.25, -0.2) is 0 Å². The first kappa shape index (κ1) is 13.3. The molecule has 3 rings (SSSR count). The van der Waals surface area contributed by atoms with Crippen LogP contribution in [0.4, 0.5) is 0 Å². The van der Waals surface area contributed by atoms with Gasteiger partial charge in [-0.3, -0.25) is 10.4 Å². The van der Waals surface area contributed by atoms with Crippen molar-refractivity contribution in [3.63, 3.8) is 0 Å². The quantitative estimate of drug-likeness (QED) is 0.924. The molecule has 1 aliphatic carbocycles. The number of hydrogen-bond donors (Lipinski definition) is 1. The van der Waals surface area contributed by atoms with Crippen LogP contribution in [-0.4, -0.2) is 36.9 Å². The monoisotopic (exact) mass is 291 g/mol. The molecule has 0 amide bonds. The van der Waals surface area contributed by atoms with E-state index in [1.807, 2.05) is 18.2 Å². The molecular formula is C14H17N3O2S. The first-order chi connectivity index (χ1) is 9.80. The predicted octanol–water partition coefficient (Wildman–Crippen LogP) is 2.26. The number of amidine groups is 1. The molecule has 1 N–H and O–H groups in total. The molecule has 1 fully saturated rings. The number of nitrogens with one attached hydrogen (secondary N) is 1. The molecule has 1 aromatic carbocycles. The highest BCUT2D eigenvalue weighted by molar-refractivity contribution is 8.14. The normalized spacial score (nSPS) is 20.3. The molecule has 0 spiro atoms. The summed E-state index contributed by atoms with van der Waals surface area (Å²) in [5.41, 5.74) is 5.06. The Morgan fingerprint density at radius 3 is 2.65 bits per heavy atom. The Morgan fingerprint density at radius 1 is 1.25 bits per heavy atom. The maximum atomic E-state index is 5.32. The van der Waals surface area contributed by atoms with Crippen LogP contribution in [0.1, 0.15) is 18.4 Å². The Kier molecular flexibility index (Phi) is 3.82. The second-order valence-electron chi connectivity index (χ2n) is 4.69. The van der Waals surface area contributed by atoms with Gasteiger partial charge in [0.1, 0.15) is 0 Å². The standard InChI is InChI=1S/C14H17N3O2S/c1-18-12-6-3-9(7-13(12)19-2)11-8-20-14(17-16-11)15-10-4-5-10/h3,6-7,10H,4-5,8H2,1-2H3,(H,15,17). The minimum atomic E-state index is 0.517. The fraction of sp³-hybridized carbons (Fsp3) is 0.429. The smallest absolute Gasteiger partial charge is 0.177 e. The van der Waals surface area contributed by atoms with Crippen molar-refractivity contribution in [1.82, 2.24) is 5.43 Å². The number of methoxy groups -OCH3 is 2. The fourth-order valence-electron chi connectivity index (χ4n) is 1.92. The van der Waals surface area contributed by atoms with Crippen LogP contribution in [0.15, 0.2) is 28.3 Å². The van der Waals surface area contributed by atoms with E-state index in [0.717, 1.165) is 33.7 Å². The summed E-state index contributed by atoms with van der Waals surface area (Å²) >= 11 is 1.69. The maximum absolute atomic E-state index is 5.32. The Hall–Kier alpha value is -1.69. The summed E-state index contributed by atoms with van der Waals surface area (Å²) in [7, 11) is 3.27. The van der Waals surface area contributed by atoms with Crippen molar-refractivity contribution < 1.29 is 9.47 Å². The Bertz CT molecular complexity index is 568.